The number of hydrogen-bond donors (Lipinski definition) is 3. The molecule has 2 aromatic rings. The highest BCUT2D eigenvalue weighted by atomic mass is 32.1. The normalized spacial score (nSPS) is 14.7. The van der Waals surface area contributed by atoms with Gasteiger partial charge in [-0.3, -0.25) is 4.79 Å². The van der Waals surface area contributed by atoms with Crippen molar-refractivity contribution in [1.82, 2.24) is 5.32 Å². The van der Waals surface area contributed by atoms with Gasteiger partial charge < -0.3 is 20.7 Å². The van der Waals surface area contributed by atoms with Crippen molar-refractivity contribution < 1.29 is 9.53 Å². The molecule has 0 aromatic heterocycles. The van der Waals surface area contributed by atoms with Gasteiger partial charge in [0.2, 0.25) is 5.91 Å². The quantitative estimate of drug-likeness (QED) is 0.481. The first-order valence-electron chi connectivity index (χ1n) is 9.73. The summed E-state index contributed by atoms with van der Waals surface area (Å²) in [6, 6.07) is 13.6. The van der Waals surface area contributed by atoms with E-state index in [2.05, 4.69) is 35.0 Å². The van der Waals surface area contributed by atoms with Crippen LogP contribution in [0.3, 0.4) is 0 Å². The predicted molar refractivity (Wildman–Crippen MR) is 118 cm³/mol. The Balaban J connectivity index is 1.49. The third kappa shape index (κ3) is 5.23. The van der Waals surface area contributed by atoms with Crippen LogP contribution in [-0.4, -0.2) is 24.2 Å². The minimum atomic E-state index is -0.345. The van der Waals surface area contributed by atoms with Crippen LogP contribution in [0.15, 0.2) is 42.5 Å². The van der Waals surface area contributed by atoms with Gasteiger partial charge in [0.1, 0.15) is 11.8 Å². The molecule has 1 aliphatic rings. The van der Waals surface area contributed by atoms with Gasteiger partial charge in [-0.25, -0.2) is 0 Å². The first kappa shape index (κ1) is 20.1. The molecule has 1 atom stereocenters. The van der Waals surface area contributed by atoms with Crippen LogP contribution in [0.25, 0.3) is 0 Å². The molecular weight excluding hydrogens is 370 g/mol. The second-order valence-corrected chi connectivity index (χ2v) is 7.43. The van der Waals surface area contributed by atoms with Crippen molar-refractivity contribution >= 4 is 34.6 Å². The van der Waals surface area contributed by atoms with E-state index in [0.717, 1.165) is 29.1 Å². The second kappa shape index (κ2) is 9.55. The number of carbonyl (C=O) groups excluding carboxylic acids is 1. The number of anilines is 2. The summed E-state index contributed by atoms with van der Waals surface area (Å²) in [5.74, 6) is 0.640. The Morgan fingerprint density at radius 2 is 2.00 bits per heavy atom. The molecule has 0 bridgehead atoms. The number of amides is 1. The first-order valence-corrected chi connectivity index (χ1v) is 10.1. The summed E-state index contributed by atoms with van der Waals surface area (Å²) in [5, 5.41) is 9.40. The summed E-state index contributed by atoms with van der Waals surface area (Å²) in [4.78, 5) is 12.5. The molecule has 0 aliphatic carbocycles. The average Bonchev–Trinajstić information content (AvgIpc) is 3.13. The third-order valence-corrected chi connectivity index (χ3v) is 5.10. The summed E-state index contributed by atoms with van der Waals surface area (Å²) in [7, 11) is 1.64. The lowest BCUT2D eigenvalue weighted by Gasteiger charge is -2.14. The third-order valence-electron chi connectivity index (χ3n) is 4.90. The first-order chi connectivity index (χ1) is 13.6. The van der Waals surface area contributed by atoms with Crippen LogP contribution >= 0.6 is 12.2 Å². The Morgan fingerprint density at radius 3 is 2.71 bits per heavy atom. The highest BCUT2D eigenvalue weighted by molar-refractivity contribution is 7.80. The van der Waals surface area contributed by atoms with Crippen LogP contribution in [0.4, 0.5) is 11.4 Å². The summed E-state index contributed by atoms with van der Waals surface area (Å²) in [6.07, 6.45) is 5.38. The topological polar surface area (TPSA) is 62.4 Å². The number of methoxy groups -OCH3 is 1. The molecule has 1 amide bonds. The van der Waals surface area contributed by atoms with Gasteiger partial charge in [0.05, 0.1) is 7.11 Å². The number of thiocarbonyl (C=S) groups is 1. The molecule has 28 heavy (non-hydrogen) atoms. The van der Waals surface area contributed by atoms with E-state index in [-0.39, 0.29) is 11.9 Å². The average molecular weight is 398 g/mol. The molecule has 148 valence electrons. The zero-order valence-corrected chi connectivity index (χ0v) is 17.2. The van der Waals surface area contributed by atoms with Crippen LogP contribution in [0.5, 0.6) is 5.75 Å². The Hall–Kier alpha value is -2.60. The molecule has 1 unspecified atom stereocenters. The molecule has 0 saturated heterocycles. The largest absolute Gasteiger partial charge is 0.497 e. The van der Waals surface area contributed by atoms with E-state index in [1.807, 2.05) is 30.3 Å². The molecule has 1 heterocycles. The van der Waals surface area contributed by atoms with Gasteiger partial charge in [-0.05, 0) is 66.5 Å². The van der Waals surface area contributed by atoms with Crippen molar-refractivity contribution in [2.45, 2.75) is 45.1 Å². The molecule has 3 N–H and O–H groups in total. The van der Waals surface area contributed by atoms with Gasteiger partial charge in [0.15, 0.2) is 5.11 Å². The van der Waals surface area contributed by atoms with E-state index < -0.39 is 0 Å². The summed E-state index contributed by atoms with van der Waals surface area (Å²) in [5.41, 5.74) is 4.21. The van der Waals surface area contributed by atoms with Crippen molar-refractivity contribution in [3.05, 3.63) is 53.6 Å². The lowest BCUT2D eigenvalue weighted by atomic mass is 10.1. The standard InChI is InChI=1S/C22H27N3O2S/c1-3-4-5-6-15-7-9-17(10-8-15)23-22(28)25-21(26)20-14-16-13-18(27-2)11-12-19(16)24-20/h7-13,20,24H,3-6,14H2,1-2H3,(H2,23,25,26,28). The summed E-state index contributed by atoms with van der Waals surface area (Å²) in [6.45, 7) is 2.21. The molecule has 2 aromatic carbocycles. The fraction of sp³-hybridized carbons (Fsp3) is 0.364. The monoisotopic (exact) mass is 397 g/mol. The fourth-order valence-corrected chi connectivity index (χ4v) is 3.54. The van der Waals surface area contributed by atoms with Gasteiger partial charge in [-0.1, -0.05) is 31.9 Å². The van der Waals surface area contributed by atoms with Gasteiger partial charge in [-0.2, -0.15) is 0 Å². The molecule has 0 radical (unpaired) electrons. The highest BCUT2D eigenvalue weighted by Crippen LogP contribution is 2.29. The highest BCUT2D eigenvalue weighted by Gasteiger charge is 2.27. The lowest BCUT2D eigenvalue weighted by molar-refractivity contribution is -0.120. The SMILES string of the molecule is CCCCCc1ccc(NC(=S)NC(=O)C2Cc3cc(OC)ccc3N2)cc1. The molecular formula is C22H27N3O2S. The maximum absolute atomic E-state index is 12.5. The van der Waals surface area contributed by atoms with Gasteiger partial charge >= 0.3 is 0 Å². The zero-order chi connectivity index (χ0) is 19.9. The predicted octanol–water partition coefficient (Wildman–Crippen LogP) is 4.28. The molecule has 1 aliphatic heterocycles. The second-order valence-electron chi connectivity index (χ2n) is 7.02. The number of ether oxygens (including phenoxy) is 1. The van der Waals surface area contributed by atoms with Gasteiger partial charge in [0, 0.05) is 17.8 Å². The van der Waals surface area contributed by atoms with Crippen molar-refractivity contribution in [3.63, 3.8) is 0 Å². The van der Waals surface area contributed by atoms with Crippen LogP contribution in [0.2, 0.25) is 0 Å². The Bertz CT molecular complexity index is 836. The Morgan fingerprint density at radius 1 is 1.21 bits per heavy atom. The van der Waals surface area contributed by atoms with E-state index in [1.165, 1.54) is 24.8 Å². The maximum Gasteiger partial charge on any atom is 0.248 e. The summed E-state index contributed by atoms with van der Waals surface area (Å²) < 4.78 is 5.24. The number of rotatable bonds is 7. The van der Waals surface area contributed by atoms with Crippen molar-refractivity contribution in [3.8, 4) is 5.75 Å². The van der Waals surface area contributed by atoms with Gasteiger partial charge in [-0.15, -0.1) is 0 Å². The van der Waals surface area contributed by atoms with E-state index in [4.69, 9.17) is 17.0 Å². The minimum absolute atomic E-state index is 0.149. The molecule has 0 fully saturated rings. The molecule has 3 rings (SSSR count). The number of carbonyl (C=O) groups is 1. The molecule has 0 spiro atoms. The summed E-state index contributed by atoms with van der Waals surface area (Å²) >= 11 is 5.30. The maximum atomic E-state index is 12.5. The van der Waals surface area contributed by atoms with Crippen LogP contribution in [0, 0.1) is 0 Å². The number of aryl methyl sites for hydroxylation is 1. The lowest BCUT2D eigenvalue weighted by Crippen LogP contribution is -2.43. The number of benzene rings is 2. The Kier molecular flexibility index (Phi) is 6.87. The van der Waals surface area contributed by atoms with Gasteiger partial charge in [0.25, 0.3) is 0 Å². The van der Waals surface area contributed by atoms with E-state index in [1.54, 1.807) is 7.11 Å². The fourth-order valence-electron chi connectivity index (χ4n) is 3.32. The van der Waals surface area contributed by atoms with Crippen molar-refractivity contribution in [2.24, 2.45) is 0 Å². The Labute approximate surface area is 171 Å². The van der Waals surface area contributed by atoms with Crippen LogP contribution in [-0.2, 0) is 17.6 Å². The number of fused-ring (bicyclic) bond motifs is 1. The van der Waals surface area contributed by atoms with E-state index >= 15 is 0 Å². The number of unbranched alkanes of at least 4 members (excludes halogenated alkanes) is 2. The van der Waals surface area contributed by atoms with E-state index in [0.29, 0.717) is 11.5 Å². The number of hydrogen-bond acceptors (Lipinski definition) is 4. The van der Waals surface area contributed by atoms with Crippen LogP contribution in [0.1, 0.15) is 37.3 Å². The van der Waals surface area contributed by atoms with E-state index in [9.17, 15) is 4.79 Å². The zero-order valence-electron chi connectivity index (χ0n) is 16.4. The number of nitrogens with one attached hydrogen (secondary N) is 3. The molecule has 0 saturated carbocycles. The van der Waals surface area contributed by atoms with Crippen molar-refractivity contribution in [2.75, 3.05) is 17.7 Å². The smallest absolute Gasteiger partial charge is 0.248 e. The van der Waals surface area contributed by atoms with Crippen molar-refractivity contribution in [1.29, 1.82) is 0 Å². The molecule has 5 nitrogen and oxygen atoms in total. The minimum Gasteiger partial charge on any atom is -0.497 e. The molecule has 6 heteroatoms. The van der Waals surface area contributed by atoms with Crippen LogP contribution < -0.4 is 20.7 Å².